The van der Waals surface area contributed by atoms with Crippen molar-refractivity contribution in [3.05, 3.63) is 0 Å². The third kappa shape index (κ3) is 86.8. The fourth-order valence-electron chi connectivity index (χ4n) is 0. The van der Waals surface area contributed by atoms with E-state index < -0.39 is 16.9 Å². The molecule has 0 fully saturated rings. The summed E-state index contributed by atoms with van der Waals surface area (Å²) in [6.45, 7) is 0. The van der Waals surface area contributed by atoms with Crippen LogP contribution in [0, 0.1) is 0 Å². The van der Waals surface area contributed by atoms with E-state index in [9.17, 15) is 0 Å². The summed E-state index contributed by atoms with van der Waals surface area (Å²) in [7, 11) is 8.79. The molecule has 0 radical (unpaired) electrons. The van der Waals surface area contributed by atoms with Gasteiger partial charge in [-0.15, -0.1) is 0 Å². The number of halogens is 4. The number of hydrogen-bond acceptors (Lipinski definition) is 2. The molecule has 0 saturated heterocycles. The Morgan fingerprint density at radius 3 is 1.00 bits per heavy atom. The molecule has 0 rings (SSSR count). The van der Waals surface area contributed by atoms with Crippen molar-refractivity contribution in [3.8, 4) is 0 Å². The third-order valence-electron chi connectivity index (χ3n) is 0. The van der Waals surface area contributed by atoms with Gasteiger partial charge in [-0.2, -0.15) is 0 Å². The molecule has 46 valence electrons. The first-order valence-electron chi connectivity index (χ1n) is 1.33. The van der Waals surface area contributed by atoms with Gasteiger partial charge in [0.2, 0.25) is 0 Å². The average molecular weight is 283 g/mol. The van der Waals surface area contributed by atoms with E-state index in [1.807, 2.05) is 0 Å². The average Bonchev–Trinajstić information content (AvgIpc) is 1.27. The summed E-state index contributed by atoms with van der Waals surface area (Å²) in [6, 6.07) is 0. The van der Waals surface area contributed by atoms with Gasteiger partial charge in [0.05, 0.1) is 0 Å². The predicted octanol–water partition coefficient (Wildman–Crippen LogP) is 3.85. The molecule has 0 aliphatic carbocycles. The van der Waals surface area contributed by atoms with Crippen LogP contribution in [0.25, 0.3) is 0 Å². The Morgan fingerprint density at radius 2 is 1.00 bits per heavy atom. The number of alkyl halides is 4. The van der Waals surface area contributed by atoms with Crippen molar-refractivity contribution in [2.75, 3.05) is 0 Å². The molecule has 0 N–H and O–H groups in total. The Bertz CT molecular complexity index is 74.5. The zero-order chi connectivity index (χ0) is 7.21. The molecule has 0 aromatic heterocycles. The van der Waals surface area contributed by atoms with E-state index in [0.29, 0.717) is 0 Å². The fourth-order valence-corrected chi connectivity index (χ4v) is 0. The fraction of sp³-hybridized carbons (Fsp3) is 1.00. The van der Waals surface area contributed by atoms with E-state index in [0.717, 1.165) is 0 Å². The molecule has 0 nitrogen and oxygen atoms in total. The minimum absolute atomic E-state index is 0.708. The van der Waals surface area contributed by atoms with Gasteiger partial charge in [-0.05, 0) is 0 Å². The SMILES string of the molecule is ClC(Cl)(Cl)Cl.[S]=[Zn]=[S]. The summed E-state index contributed by atoms with van der Waals surface area (Å²) in [5, 5.41) is 0. The molecule has 0 aromatic carbocycles. The molecule has 0 heterocycles. The van der Waals surface area contributed by atoms with Gasteiger partial charge in [0.25, 0.3) is 3.25 Å². The molecule has 0 spiro atoms. The Kier molecular flexibility index (Phi) is 11.8. The van der Waals surface area contributed by atoms with Crippen LogP contribution >= 0.6 is 66.6 Å². The second kappa shape index (κ2) is 7.33. The van der Waals surface area contributed by atoms with E-state index in [1.165, 1.54) is 0 Å². The summed E-state index contributed by atoms with van der Waals surface area (Å²) in [6.07, 6.45) is 0. The van der Waals surface area contributed by atoms with Crippen LogP contribution in [0.1, 0.15) is 0 Å². The second-order valence-corrected chi connectivity index (χ2v) is 9.37. The molecule has 7 heteroatoms. The molecular weight excluding hydrogens is 283 g/mol. The third-order valence-corrected chi connectivity index (χ3v) is 0. The first-order valence-corrected chi connectivity index (χ1v) is 11.3. The van der Waals surface area contributed by atoms with Crippen LogP contribution in [-0.2, 0) is 13.6 Å². The summed E-state index contributed by atoms with van der Waals surface area (Å²) < 4.78 is -1.61. The summed E-state index contributed by atoms with van der Waals surface area (Å²) >= 11 is 18.6. The van der Waals surface area contributed by atoms with Crippen LogP contribution < -0.4 is 0 Å². The molecule has 0 unspecified atom stereocenters. The summed E-state index contributed by atoms with van der Waals surface area (Å²) in [5.74, 6) is 0. The van der Waals surface area contributed by atoms with Gasteiger partial charge in [0, 0.05) is 0 Å². The minimum atomic E-state index is -1.61. The Morgan fingerprint density at radius 1 is 1.00 bits per heavy atom. The number of hydrogen-bond donors (Lipinski definition) is 0. The van der Waals surface area contributed by atoms with Crippen LogP contribution in [0.3, 0.4) is 0 Å². The van der Waals surface area contributed by atoms with Crippen molar-refractivity contribution in [1.29, 1.82) is 0 Å². The monoisotopic (exact) mass is 280 g/mol. The van der Waals surface area contributed by atoms with Crippen molar-refractivity contribution < 1.29 is 13.6 Å². The molecule has 0 aliphatic heterocycles. The standard InChI is InChI=1S/CCl4.2S.Zn/c2-1(3,4)5;;;. The first kappa shape index (κ1) is 12.9. The molecule has 0 bridgehead atoms. The Balaban J connectivity index is 0. The van der Waals surface area contributed by atoms with Gasteiger partial charge in [0.15, 0.2) is 0 Å². The van der Waals surface area contributed by atoms with Crippen molar-refractivity contribution in [2.24, 2.45) is 0 Å². The van der Waals surface area contributed by atoms with Crippen molar-refractivity contribution in [1.82, 2.24) is 0 Å². The zero-order valence-corrected chi connectivity index (χ0v) is 11.2. The second-order valence-electron chi connectivity index (χ2n) is 0.546. The summed E-state index contributed by atoms with van der Waals surface area (Å²) in [5.41, 5.74) is 0. The van der Waals surface area contributed by atoms with Gasteiger partial charge in [-0.3, -0.25) is 0 Å². The van der Waals surface area contributed by atoms with Crippen LogP contribution in [0.4, 0.5) is 0 Å². The predicted molar refractivity (Wildman–Crippen MR) is 41.3 cm³/mol. The van der Waals surface area contributed by atoms with Crippen LogP contribution in [0.5, 0.6) is 0 Å². The van der Waals surface area contributed by atoms with E-state index in [1.54, 1.807) is 0 Å². The van der Waals surface area contributed by atoms with Crippen LogP contribution in [0.2, 0.25) is 0 Å². The zero-order valence-electron chi connectivity index (χ0n) is 3.54. The van der Waals surface area contributed by atoms with Gasteiger partial charge < -0.3 is 0 Å². The van der Waals surface area contributed by atoms with E-state index >= 15 is 0 Å². The number of rotatable bonds is 0. The van der Waals surface area contributed by atoms with Crippen molar-refractivity contribution in [3.63, 3.8) is 0 Å². The van der Waals surface area contributed by atoms with Crippen molar-refractivity contribution >= 4 is 66.6 Å². The molecule has 0 saturated carbocycles. The molecule has 0 aliphatic rings. The molecule has 0 amide bonds. The molecule has 0 aromatic rings. The van der Waals surface area contributed by atoms with E-state index in [4.69, 9.17) is 46.4 Å². The molecule has 8 heavy (non-hydrogen) atoms. The normalized spacial score (nSPS) is 10.0. The van der Waals surface area contributed by atoms with Gasteiger partial charge >= 0.3 is 33.9 Å². The van der Waals surface area contributed by atoms with Crippen LogP contribution in [0.15, 0.2) is 0 Å². The van der Waals surface area contributed by atoms with Gasteiger partial charge in [-0.1, -0.05) is 46.4 Å². The molecule has 0 atom stereocenters. The quantitative estimate of drug-likeness (QED) is 0.489. The van der Waals surface area contributed by atoms with Gasteiger partial charge in [-0.25, -0.2) is 0 Å². The maximum absolute atomic E-state index is 4.83. The Labute approximate surface area is 82.6 Å². The van der Waals surface area contributed by atoms with E-state index in [-0.39, 0.29) is 0 Å². The first-order chi connectivity index (χ1) is 3.41. The maximum atomic E-state index is 4.83. The van der Waals surface area contributed by atoms with Crippen LogP contribution in [-0.4, -0.2) is 3.25 Å². The van der Waals surface area contributed by atoms with E-state index in [2.05, 4.69) is 20.2 Å². The molecular formula is CCl4S2Zn. The Hall–Kier alpha value is 2.22. The topological polar surface area (TPSA) is 0 Å². The van der Waals surface area contributed by atoms with Gasteiger partial charge in [0.1, 0.15) is 0 Å². The van der Waals surface area contributed by atoms with Crippen molar-refractivity contribution in [2.45, 2.75) is 3.25 Å². The summed E-state index contributed by atoms with van der Waals surface area (Å²) in [4.78, 5) is 0.